The van der Waals surface area contributed by atoms with E-state index in [1.807, 2.05) is 20.8 Å². The summed E-state index contributed by atoms with van der Waals surface area (Å²) < 4.78 is 0. The Morgan fingerprint density at radius 1 is 1.18 bits per heavy atom. The molecule has 0 radical (unpaired) electrons. The van der Waals surface area contributed by atoms with Crippen LogP contribution in [0.4, 0.5) is 4.79 Å². The molecule has 0 rings (SSSR count). The number of amides is 3. The molecular formula is C11H20N2O4. The van der Waals surface area contributed by atoms with Crippen LogP contribution in [-0.2, 0) is 9.59 Å². The van der Waals surface area contributed by atoms with Crippen LogP contribution in [0.5, 0.6) is 0 Å². The van der Waals surface area contributed by atoms with E-state index in [0.717, 1.165) is 6.42 Å². The number of hydrogen-bond donors (Lipinski definition) is 3. The van der Waals surface area contributed by atoms with Gasteiger partial charge in [0.1, 0.15) is 0 Å². The average Bonchev–Trinajstić information content (AvgIpc) is 2.24. The van der Waals surface area contributed by atoms with E-state index in [4.69, 9.17) is 5.11 Å². The van der Waals surface area contributed by atoms with Gasteiger partial charge < -0.3 is 10.4 Å². The van der Waals surface area contributed by atoms with Crippen LogP contribution in [0.1, 0.15) is 40.0 Å². The van der Waals surface area contributed by atoms with Crippen molar-refractivity contribution in [1.29, 1.82) is 0 Å². The lowest BCUT2D eigenvalue weighted by Crippen LogP contribution is -2.45. The molecule has 0 aliphatic rings. The molecule has 3 amide bonds. The van der Waals surface area contributed by atoms with Crippen molar-refractivity contribution < 1.29 is 19.5 Å². The van der Waals surface area contributed by atoms with Crippen LogP contribution < -0.4 is 10.6 Å². The van der Waals surface area contributed by atoms with Gasteiger partial charge in [0, 0.05) is 12.5 Å². The van der Waals surface area contributed by atoms with Crippen LogP contribution >= 0.6 is 0 Å². The van der Waals surface area contributed by atoms with E-state index in [0.29, 0.717) is 5.92 Å². The standard InChI is InChI=1S/C11H20N2O4/c1-4-7(2)8(3)12-11(17)13-9(14)5-6-10(15)16/h7-8H,4-6H2,1-3H3,(H,15,16)(H2,12,13,14,17). The van der Waals surface area contributed by atoms with Gasteiger partial charge in [-0.1, -0.05) is 20.3 Å². The summed E-state index contributed by atoms with van der Waals surface area (Å²) in [4.78, 5) is 32.7. The number of carbonyl (C=O) groups excluding carboxylic acids is 2. The van der Waals surface area contributed by atoms with Gasteiger partial charge in [-0.25, -0.2) is 4.79 Å². The minimum absolute atomic E-state index is 0.0349. The third-order valence-corrected chi connectivity index (χ3v) is 2.68. The molecule has 2 atom stereocenters. The van der Waals surface area contributed by atoms with Crippen molar-refractivity contribution in [3.8, 4) is 0 Å². The number of carbonyl (C=O) groups is 3. The molecule has 3 N–H and O–H groups in total. The molecule has 6 heteroatoms. The number of carboxylic acids is 1. The zero-order valence-electron chi connectivity index (χ0n) is 10.4. The highest BCUT2D eigenvalue weighted by atomic mass is 16.4. The van der Waals surface area contributed by atoms with E-state index in [9.17, 15) is 14.4 Å². The van der Waals surface area contributed by atoms with Crippen molar-refractivity contribution in [2.75, 3.05) is 0 Å². The highest BCUT2D eigenvalue weighted by Gasteiger charge is 2.15. The Bertz CT molecular complexity index is 291. The summed E-state index contributed by atoms with van der Waals surface area (Å²) in [5, 5.41) is 13.1. The van der Waals surface area contributed by atoms with E-state index in [1.165, 1.54) is 0 Å². The maximum absolute atomic E-state index is 11.3. The van der Waals surface area contributed by atoms with Crippen molar-refractivity contribution in [2.45, 2.75) is 46.1 Å². The Kier molecular flexibility index (Phi) is 6.93. The predicted molar refractivity (Wildman–Crippen MR) is 62.5 cm³/mol. The van der Waals surface area contributed by atoms with Gasteiger partial charge in [-0.05, 0) is 12.8 Å². The Balaban J connectivity index is 3.93. The first-order valence-electron chi connectivity index (χ1n) is 5.69. The third-order valence-electron chi connectivity index (χ3n) is 2.68. The number of urea groups is 1. The Labute approximate surface area is 101 Å². The van der Waals surface area contributed by atoms with E-state index in [2.05, 4.69) is 10.6 Å². The van der Waals surface area contributed by atoms with Gasteiger partial charge in [0.25, 0.3) is 0 Å². The molecule has 0 aliphatic carbocycles. The molecular weight excluding hydrogens is 224 g/mol. The number of rotatable bonds is 6. The molecule has 2 unspecified atom stereocenters. The average molecular weight is 244 g/mol. The molecule has 17 heavy (non-hydrogen) atoms. The maximum Gasteiger partial charge on any atom is 0.321 e. The van der Waals surface area contributed by atoms with Crippen molar-refractivity contribution >= 4 is 17.9 Å². The fourth-order valence-corrected chi connectivity index (χ4v) is 1.15. The quantitative estimate of drug-likeness (QED) is 0.652. The number of hydrogen-bond acceptors (Lipinski definition) is 3. The van der Waals surface area contributed by atoms with Crippen LogP contribution in [0.25, 0.3) is 0 Å². The normalized spacial score (nSPS) is 13.6. The van der Waals surface area contributed by atoms with Gasteiger partial charge in [0.15, 0.2) is 0 Å². The highest BCUT2D eigenvalue weighted by molar-refractivity contribution is 5.95. The lowest BCUT2D eigenvalue weighted by Gasteiger charge is -2.19. The number of aliphatic carboxylic acids is 1. The summed E-state index contributed by atoms with van der Waals surface area (Å²) in [6, 6.07) is -0.611. The molecule has 0 bridgehead atoms. The molecule has 0 aromatic carbocycles. The lowest BCUT2D eigenvalue weighted by molar-refractivity contribution is -0.138. The number of carboxylic acid groups (broad SMARTS) is 1. The summed E-state index contributed by atoms with van der Waals surface area (Å²) in [5.41, 5.74) is 0. The van der Waals surface area contributed by atoms with Gasteiger partial charge in [0.2, 0.25) is 5.91 Å². The number of nitrogens with one attached hydrogen (secondary N) is 2. The van der Waals surface area contributed by atoms with Crippen LogP contribution in [0, 0.1) is 5.92 Å². The molecule has 0 fully saturated rings. The maximum atomic E-state index is 11.3. The first-order valence-corrected chi connectivity index (χ1v) is 5.69. The SMILES string of the molecule is CCC(C)C(C)NC(=O)NC(=O)CCC(=O)O. The third kappa shape index (κ3) is 7.32. The lowest BCUT2D eigenvalue weighted by atomic mass is 10.0. The fourth-order valence-electron chi connectivity index (χ4n) is 1.15. The van der Waals surface area contributed by atoms with Crippen LogP contribution in [0.15, 0.2) is 0 Å². The second-order valence-electron chi connectivity index (χ2n) is 4.09. The topological polar surface area (TPSA) is 95.5 Å². The van der Waals surface area contributed by atoms with Gasteiger partial charge in [-0.2, -0.15) is 0 Å². The van der Waals surface area contributed by atoms with E-state index in [-0.39, 0.29) is 18.9 Å². The number of imide groups is 1. The summed E-state index contributed by atoms with van der Waals surface area (Å²) in [6.07, 6.45) is 0.453. The van der Waals surface area contributed by atoms with Crippen LogP contribution in [0.3, 0.4) is 0 Å². The minimum Gasteiger partial charge on any atom is -0.481 e. The fraction of sp³-hybridized carbons (Fsp3) is 0.727. The zero-order valence-corrected chi connectivity index (χ0v) is 10.4. The van der Waals surface area contributed by atoms with Gasteiger partial charge in [-0.15, -0.1) is 0 Å². The van der Waals surface area contributed by atoms with Crippen LogP contribution in [0.2, 0.25) is 0 Å². The van der Waals surface area contributed by atoms with E-state index in [1.54, 1.807) is 0 Å². The predicted octanol–water partition coefficient (Wildman–Crippen LogP) is 1.11. The molecule has 0 aliphatic heterocycles. The molecule has 0 spiro atoms. The molecule has 0 aromatic heterocycles. The van der Waals surface area contributed by atoms with Crippen molar-refractivity contribution in [1.82, 2.24) is 10.6 Å². The molecule has 98 valence electrons. The summed E-state index contributed by atoms with van der Waals surface area (Å²) in [7, 11) is 0. The highest BCUT2D eigenvalue weighted by Crippen LogP contribution is 2.05. The molecule has 0 heterocycles. The zero-order chi connectivity index (χ0) is 13.4. The minimum atomic E-state index is -1.06. The molecule has 0 saturated carbocycles. The first kappa shape index (κ1) is 15.4. The Morgan fingerprint density at radius 3 is 2.24 bits per heavy atom. The van der Waals surface area contributed by atoms with Gasteiger partial charge in [-0.3, -0.25) is 14.9 Å². The van der Waals surface area contributed by atoms with E-state index >= 15 is 0 Å². The first-order chi connectivity index (χ1) is 7.86. The Morgan fingerprint density at radius 2 is 1.76 bits per heavy atom. The van der Waals surface area contributed by atoms with Crippen LogP contribution in [-0.4, -0.2) is 29.1 Å². The molecule has 0 aromatic rings. The smallest absolute Gasteiger partial charge is 0.321 e. The Hall–Kier alpha value is -1.59. The van der Waals surface area contributed by atoms with Gasteiger partial charge in [0.05, 0.1) is 6.42 Å². The van der Waals surface area contributed by atoms with Crippen molar-refractivity contribution in [3.63, 3.8) is 0 Å². The van der Waals surface area contributed by atoms with Crippen molar-refractivity contribution in [2.24, 2.45) is 5.92 Å². The molecule has 0 saturated heterocycles. The molecule has 6 nitrogen and oxygen atoms in total. The second kappa shape index (κ2) is 7.65. The monoisotopic (exact) mass is 244 g/mol. The van der Waals surface area contributed by atoms with E-state index < -0.39 is 17.9 Å². The summed E-state index contributed by atoms with van der Waals surface area (Å²) in [6.45, 7) is 5.87. The summed E-state index contributed by atoms with van der Waals surface area (Å²) in [5.74, 6) is -1.33. The second-order valence-corrected chi connectivity index (χ2v) is 4.09. The largest absolute Gasteiger partial charge is 0.481 e. The summed E-state index contributed by atoms with van der Waals surface area (Å²) >= 11 is 0. The van der Waals surface area contributed by atoms with Gasteiger partial charge >= 0.3 is 12.0 Å². The van der Waals surface area contributed by atoms with Crippen molar-refractivity contribution in [3.05, 3.63) is 0 Å².